The zero-order valence-corrected chi connectivity index (χ0v) is 13.4. The highest BCUT2D eigenvalue weighted by atomic mass is 32.2. The van der Waals surface area contributed by atoms with E-state index in [4.69, 9.17) is 4.74 Å². The highest BCUT2D eigenvalue weighted by molar-refractivity contribution is 7.88. The third-order valence-corrected chi connectivity index (χ3v) is 5.55. The van der Waals surface area contributed by atoms with Crippen LogP contribution in [0.3, 0.4) is 0 Å². The van der Waals surface area contributed by atoms with Gasteiger partial charge in [-0.3, -0.25) is 4.79 Å². The number of ether oxygens (including phenoxy) is 1. The van der Waals surface area contributed by atoms with E-state index in [1.54, 1.807) is 0 Å². The molecular formula is C15H20N2O4S. The van der Waals surface area contributed by atoms with E-state index in [0.717, 1.165) is 23.4 Å². The quantitative estimate of drug-likeness (QED) is 0.907. The topological polar surface area (TPSA) is 75.7 Å². The van der Waals surface area contributed by atoms with Crippen LogP contribution in [-0.2, 0) is 21.2 Å². The number of nitrogens with zero attached hydrogens (tertiary/aromatic N) is 1. The van der Waals surface area contributed by atoms with Crippen LogP contribution in [0.1, 0.15) is 18.4 Å². The number of anilines is 1. The second-order valence-corrected chi connectivity index (χ2v) is 7.83. The Bertz CT molecular complexity index is 679. The molecule has 0 atom stereocenters. The molecule has 0 unspecified atom stereocenters. The predicted octanol–water partition coefficient (Wildman–Crippen LogP) is 1.23. The van der Waals surface area contributed by atoms with E-state index >= 15 is 0 Å². The monoisotopic (exact) mass is 324 g/mol. The zero-order valence-electron chi connectivity index (χ0n) is 12.5. The Morgan fingerprint density at radius 1 is 1.32 bits per heavy atom. The summed E-state index contributed by atoms with van der Waals surface area (Å²) in [7, 11) is -3.15. The lowest BCUT2D eigenvalue weighted by Gasteiger charge is -2.29. The number of hydrogen-bond acceptors (Lipinski definition) is 4. The number of sulfonamides is 1. The average Bonchev–Trinajstić information content (AvgIpc) is 2.94. The van der Waals surface area contributed by atoms with E-state index in [-0.39, 0.29) is 11.8 Å². The normalized spacial score (nSPS) is 19.5. The molecule has 1 aromatic rings. The molecule has 2 heterocycles. The lowest BCUT2D eigenvalue weighted by atomic mass is 9.97. The number of hydrogen-bond donors (Lipinski definition) is 1. The molecule has 6 nitrogen and oxygen atoms in total. The van der Waals surface area contributed by atoms with Crippen LogP contribution in [0, 0.1) is 5.92 Å². The van der Waals surface area contributed by atoms with Crippen molar-refractivity contribution in [1.29, 1.82) is 0 Å². The van der Waals surface area contributed by atoms with Gasteiger partial charge in [-0.15, -0.1) is 0 Å². The summed E-state index contributed by atoms with van der Waals surface area (Å²) < 4.78 is 29.8. The molecule has 1 fully saturated rings. The van der Waals surface area contributed by atoms with Gasteiger partial charge in [0.15, 0.2) is 0 Å². The largest absolute Gasteiger partial charge is 0.493 e. The minimum atomic E-state index is -3.15. The highest BCUT2D eigenvalue weighted by Gasteiger charge is 2.29. The molecule has 1 saturated heterocycles. The lowest BCUT2D eigenvalue weighted by Crippen LogP contribution is -2.40. The van der Waals surface area contributed by atoms with Crippen molar-refractivity contribution in [3.05, 3.63) is 23.8 Å². The van der Waals surface area contributed by atoms with Crippen LogP contribution in [0.25, 0.3) is 0 Å². The molecule has 2 aliphatic rings. The Morgan fingerprint density at radius 3 is 2.73 bits per heavy atom. The third kappa shape index (κ3) is 3.25. The standard InChI is InChI=1S/C15H20N2O4S/c1-22(19,20)17-7-4-11(5-8-17)15(18)16-13-2-3-14-12(10-13)6-9-21-14/h2-3,10-11H,4-9H2,1H3,(H,16,18). The molecule has 22 heavy (non-hydrogen) atoms. The summed E-state index contributed by atoms with van der Waals surface area (Å²) in [6, 6.07) is 5.67. The Hall–Kier alpha value is -1.60. The molecule has 7 heteroatoms. The van der Waals surface area contributed by atoms with Crippen LogP contribution in [0.4, 0.5) is 5.69 Å². The summed E-state index contributed by atoms with van der Waals surface area (Å²) >= 11 is 0. The first-order valence-electron chi connectivity index (χ1n) is 7.45. The van der Waals surface area contributed by atoms with E-state index in [1.807, 2.05) is 18.2 Å². The molecule has 0 saturated carbocycles. The molecular weight excluding hydrogens is 304 g/mol. The fourth-order valence-corrected chi connectivity index (χ4v) is 3.83. The van der Waals surface area contributed by atoms with Gasteiger partial charge in [0.2, 0.25) is 15.9 Å². The van der Waals surface area contributed by atoms with Crippen molar-refractivity contribution in [2.75, 3.05) is 31.3 Å². The van der Waals surface area contributed by atoms with E-state index in [9.17, 15) is 13.2 Å². The van der Waals surface area contributed by atoms with Crippen molar-refractivity contribution in [2.45, 2.75) is 19.3 Å². The van der Waals surface area contributed by atoms with E-state index in [1.165, 1.54) is 10.6 Å². The Labute approximate surface area is 130 Å². The number of carbonyl (C=O) groups is 1. The third-order valence-electron chi connectivity index (χ3n) is 4.25. The van der Waals surface area contributed by atoms with Gasteiger partial charge in [0.25, 0.3) is 0 Å². The molecule has 1 N–H and O–H groups in total. The van der Waals surface area contributed by atoms with Crippen molar-refractivity contribution in [3.8, 4) is 5.75 Å². The second-order valence-electron chi connectivity index (χ2n) is 5.85. The Balaban J connectivity index is 1.59. The van der Waals surface area contributed by atoms with Gasteiger partial charge in [-0.25, -0.2) is 12.7 Å². The molecule has 0 aromatic heterocycles. The van der Waals surface area contributed by atoms with Gasteiger partial charge in [-0.05, 0) is 36.6 Å². The maximum Gasteiger partial charge on any atom is 0.227 e. The van der Waals surface area contributed by atoms with Gasteiger partial charge >= 0.3 is 0 Å². The highest BCUT2D eigenvalue weighted by Crippen LogP contribution is 2.28. The van der Waals surface area contributed by atoms with Gasteiger partial charge < -0.3 is 10.1 Å². The molecule has 120 valence electrons. The Kier molecular flexibility index (Phi) is 4.10. The summed E-state index contributed by atoms with van der Waals surface area (Å²) in [5.74, 6) is 0.717. The SMILES string of the molecule is CS(=O)(=O)N1CCC(C(=O)Nc2ccc3c(c2)CCO3)CC1. The van der Waals surface area contributed by atoms with Crippen LogP contribution in [0.2, 0.25) is 0 Å². The van der Waals surface area contributed by atoms with Gasteiger partial charge in [0.1, 0.15) is 5.75 Å². The fourth-order valence-electron chi connectivity index (χ4n) is 2.96. The smallest absolute Gasteiger partial charge is 0.227 e. The van der Waals surface area contributed by atoms with Gasteiger partial charge in [-0.2, -0.15) is 0 Å². The number of piperidine rings is 1. The molecule has 0 bridgehead atoms. The van der Waals surface area contributed by atoms with Crippen molar-refractivity contribution in [1.82, 2.24) is 4.31 Å². The lowest BCUT2D eigenvalue weighted by molar-refractivity contribution is -0.120. The summed E-state index contributed by atoms with van der Waals surface area (Å²) in [4.78, 5) is 12.3. The average molecular weight is 324 g/mol. The van der Waals surface area contributed by atoms with Crippen LogP contribution < -0.4 is 10.1 Å². The van der Waals surface area contributed by atoms with Crippen LogP contribution in [0.15, 0.2) is 18.2 Å². The van der Waals surface area contributed by atoms with E-state index < -0.39 is 10.0 Å². The molecule has 2 aliphatic heterocycles. The molecule has 0 spiro atoms. The molecule has 0 radical (unpaired) electrons. The second kappa shape index (κ2) is 5.89. The van der Waals surface area contributed by atoms with Crippen molar-refractivity contribution < 1.29 is 17.9 Å². The zero-order chi connectivity index (χ0) is 15.7. The van der Waals surface area contributed by atoms with Gasteiger partial charge in [-0.1, -0.05) is 0 Å². The van der Waals surface area contributed by atoms with Crippen molar-refractivity contribution in [3.63, 3.8) is 0 Å². The Morgan fingerprint density at radius 2 is 2.05 bits per heavy atom. The molecule has 1 aromatic carbocycles. The molecule has 3 rings (SSSR count). The summed E-state index contributed by atoms with van der Waals surface area (Å²) in [6.45, 7) is 1.51. The van der Waals surface area contributed by atoms with E-state index in [0.29, 0.717) is 32.5 Å². The van der Waals surface area contributed by atoms with Crippen LogP contribution in [-0.4, -0.2) is 44.6 Å². The van der Waals surface area contributed by atoms with E-state index in [2.05, 4.69) is 5.32 Å². The molecule has 1 amide bonds. The number of amides is 1. The van der Waals surface area contributed by atoms with Crippen LogP contribution >= 0.6 is 0 Å². The number of rotatable bonds is 3. The predicted molar refractivity (Wildman–Crippen MR) is 83.4 cm³/mol. The minimum absolute atomic E-state index is 0.0352. The van der Waals surface area contributed by atoms with Crippen molar-refractivity contribution >= 4 is 21.6 Å². The maximum atomic E-state index is 12.3. The number of nitrogens with one attached hydrogen (secondary N) is 1. The van der Waals surface area contributed by atoms with Gasteiger partial charge in [0, 0.05) is 31.1 Å². The first-order chi connectivity index (χ1) is 10.4. The summed E-state index contributed by atoms with van der Waals surface area (Å²) in [6.07, 6.45) is 3.20. The number of fused-ring (bicyclic) bond motifs is 1. The summed E-state index contributed by atoms with van der Waals surface area (Å²) in [5.41, 5.74) is 1.89. The summed E-state index contributed by atoms with van der Waals surface area (Å²) in [5, 5.41) is 2.93. The van der Waals surface area contributed by atoms with Gasteiger partial charge in [0.05, 0.1) is 12.9 Å². The van der Waals surface area contributed by atoms with Crippen LogP contribution in [0.5, 0.6) is 5.75 Å². The van der Waals surface area contributed by atoms with Crippen molar-refractivity contribution in [2.24, 2.45) is 5.92 Å². The maximum absolute atomic E-state index is 12.3. The fraction of sp³-hybridized carbons (Fsp3) is 0.533. The number of carbonyl (C=O) groups excluding carboxylic acids is 1. The first kappa shape index (κ1) is 15.3. The first-order valence-corrected chi connectivity index (χ1v) is 9.30. The minimum Gasteiger partial charge on any atom is -0.493 e. The number of benzene rings is 1. The molecule has 0 aliphatic carbocycles.